The first-order valence-electron chi connectivity index (χ1n) is 6.55. The molecule has 1 fully saturated rings. The lowest BCUT2D eigenvalue weighted by Crippen LogP contribution is -2.42. The highest BCUT2D eigenvalue weighted by Crippen LogP contribution is 2.35. The molecule has 1 aliphatic rings. The van der Waals surface area contributed by atoms with Gasteiger partial charge in [-0.15, -0.1) is 0 Å². The fourth-order valence-electron chi connectivity index (χ4n) is 2.59. The SMILES string of the molecule is CCOC(=O)CC1(c2ccccn2)CCNCC1. The Kier molecular flexibility index (Phi) is 4.31. The molecular weight excluding hydrogens is 228 g/mol. The first kappa shape index (κ1) is 13.0. The number of hydrogen-bond acceptors (Lipinski definition) is 4. The standard InChI is InChI=1S/C14H20N2O2/c1-2-18-13(17)11-14(6-9-15-10-7-14)12-5-3-4-8-16-12/h3-5,8,15H,2,6-7,9-11H2,1H3. The van der Waals surface area contributed by atoms with Crippen LogP contribution in [0.1, 0.15) is 31.9 Å². The smallest absolute Gasteiger partial charge is 0.306 e. The molecule has 4 heteroatoms. The second kappa shape index (κ2) is 5.96. The fraction of sp³-hybridized carbons (Fsp3) is 0.571. The molecule has 2 rings (SSSR count). The Hall–Kier alpha value is -1.42. The Labute approximate surface area is 108 Å². The van der Waals surface area contributed by atoms with Gasteiger partial charge in [0.2, 0.25) is 0 Å². The number of carbonyl (C=O) groups is 1. The van der Waals surface area contributed by atoms with Crippen LogP contribution in [0.4, 0.5) is 0 Å². The van der Waals surface area contributed by atoms with Crippen LogP contribution >= 0.6 is 0 Å². The van der Waals surface area contributed by atoms with Crippen molar-refractivity contribution in [1.82, 2.24) is 10.3 Å². The Morgan fingerprint density at radius 1 is 1.44 bits per heavy atom. The van der Waals surface area contributed by atoms with Crippen molar-refractivity contribution in [1.29, 1.82) is 0 Å². The third kappa shape index (κ3) is 2.88. The van der Waals surface area contributed by atoms with Gasteiger partial charge in [-0.25, -0.2) is 0 Å². The highest BCUT2D eigenvalue weighted by Gasteiger charge is 2.37. The number of rotatable bonds is 4. The molecule has 0 unspecified atom stereocenters. The molecule has 0 aromatic carbocycles. The predicted molar refractivity (Wildman–Crippen MR) is 69.3 cm³/mol. The number of aromatic nitrogens is 1. The molecule has 0 radical (unpaired) electrons. The lowest BCUT2D eigenvalue weighted by Gasteiger charge is -2.36. The van der Waals surface area contributed by atoms with Crippen LogP contribution in [0.15, 0.2) is 24.4 Å². The van der Waals surface area contributed by atoms with Gasteiger partial charge in [0.15, 0.2) is 0 Å². The monoisotopic (exact) mass is 248 g/mol. The summed E-state index contributed by atoms with van der Waals surface area (Å²) in [6.45, 7) is 4.13. The van der Waals surface area contributed by atoms with Gasteiger partial charge in [0.05, 0.1) is 13.0 Å². The summed E-state index contributed by atoms with van der Waals surface area (Å²) in [5, 5.41) is 3.33. The van der Waals surface area contributed by atoms with E-state index < -0.39 is 0 Å². The average Bonchev–Trinajstić information content (AvgIpc) is 2.41. The summed E-state index contributed by atoms with van der Waals surface area (Å²) in [7, 11) is 0. The first-order valence-corrected chi connectivity index (χ1v) is 6.55. The van der Waals surface area contributed by atoms with E-state index >= 15 is 0 Å². The van der Waals surface area contributed by atoms with Crippen LogP contribution in [0.2, 0.25) is 0 Å². The van der Waals surface area contributed by atoms with Crippen molar-refractivity contribution < 1.29 is 9.53 Å². The zero-order chi connectivity index (χ0) is 12.8. The van der Waals surface area contributed by atoms with Crippen molar-refractivity contribution in [3.63, 3.8) is 0 Å². The molecule has 18 heavy (non-hydrogen) atoms. The summed E-state index contributed by atoms with van der Waals surface area (Å²) < 4.78 is 5.10. The summed E-state index contributed by atoms with van der Waals surface area (Å²) in [6.07, 6.45) is 4.09. The van der Waals surface area contributed by atoms with Crippen molar-refractivity contribution in [2.24, 2.45) is 0 Å². The van der Waals surface area contributed by atoms with Crippen molar-refractivity contribution >= 4 is 5.97 Å². The Bertz CT molecular complexity index is 386. The summed E-state index contributed by atoms with van der Waals surface area (Å²) in [4.78, 5) is 16.3. The van der Waals surface area contributed by atoms with E-state index in [9.17, 15) is 4.79 Å². The Morgan fingerprint density at radius 3 is 2.83 bits per heavy atom. The van der Waals surface area contributed by atoms with Crippen molar-refractivity contribution in [3.05, 3.63) is 30.1 Å². The lowest BCUT2D eigenvalue weighted by atomic mass is 9.73. The number of hydrogen-bond donors (Lipinski definition) is 1. The molecule has 0 bridgehead atoms. The average molecular weight is 248 g/mol. The number of pyridine rings is 1. The van der Waals surface area contributed by atoms with E-state index in [0.29, 0.717) is 13.0 Å². The van der Waals surface area contributed by atoms with Crippen LogP contribution in [0.3, 0.4) is 0 Å². The molecule has 0 amide bonds. The van der Waals surface area contributed by atoms with E-state index in [2.05, 4.69) is 10.3 Å². The minimum Gasteiger partial charge on any atom is -0.466 e. The van der Waals surface area contributed by atoms with Gasteiger partial charge in [0.25, 0.3) is 0 Å². The zero-order valence-corrected chi connectivity index (χ0v) is 10.8. The topological polar surface area (TPSA) is 51.2 Å². The molecule has 1 aromatic heterocycles. The van der Waals surface area contributed by atoms with E-state index in [1.807, 2.05) is 25.1 Å². The molecule has 1 saturated heterocycles. The molecule has 1 aromatic rings. The van der Waals surface area contributed by atoms with Gasteiger partial charge in [-0.05, 0) is 45.0 Å². The predicted octanol–water partition coefficient (Wildman–Crippen LogP) is 1.66. The number of piperidine rings is 1. The van der Waals surface area contributed by atoms with Crippen LogP contribution in [0, 0.1) is 0 Å². The van der Waals surface area contributed by atoms with Gasteiger partial charge in [-0.2, -0.15) is 0 Å². The molecule has 0 atom stereocenters. The van der Waals surface area contributed by atoms with E-state index in [1.165, 1.54) is 0 Å². The summed E-state index contributed by atoms with van der Waals surface area (Å²) in [5.41, 5.74) is 0.859. The van der Waals surface area contributed by atoms with Crippen LogP contribution < -0.4 is 5.32 Å². The lowest BCUT2D eigenvalue weighted by molar-refractivity contribution is -0.145. The third-order valence-corrected chi connectivity index (χ3v) is 3.56. The second-order valence-corrected chi connectivity index (χ2v) is 4.73. The van der Waals surface area contributed by atoms with E-state index in [1.54, 1.807) is 6.20 Å². The minimum atomic E-state index is -0.154. The van der Waals surface area contributed by atoms with Crippen molar-refractivity contribution in [3.8, 4) is 0 Å². The highest BCUT2D eigenvalue weighted by molar-refractivity contribution is 5.71. The number of esters is 1. The normalized spacial score (nSPS) is 18.3. The van der Waals surface area contributed by atoms with Crippen LogP contribution in [0.5, 0.6) is 0 Å². The molecule has 1 N–H and O–H groups in total. The van der Waals surface area contributed by atoms with E-state index in [4.69, 9.17) is 4.74 Å². The highest BCUT2D eigenvalue weighted by atomic mass is 16.5. The van der Waals surface area contributed by atoms with Gasteiger partial charge < -0.3 is 10.1 Å². The van der Waals surface area contributed by atoms with Gasteiger partial charge in [0, 0.05) is 17.3 Å². The molecule has 0 aliphatic carbocycles. The van der Waals surface area contributed by atoms with Crippen LogP contribution in [0.25, 0.3) is 0 Å². The number of carbonyl (C=O) groups excluding carboxylic acids is 1. The summed E-state index contributed by atoms with van der Waals surface area (Å²) >= 11 is 0. The Morgan fingerprint density at radius 2 is 2.22 bits per heavy atom. The van der Waals surface area contributed by atoms with Crippen molar-refractivity contribution in [2.45, 2.75) is 31.6 Å². The number of ether oxygens (including phenoxy) is 1. The maximum Gasteiger partial charge on any atom is 0.306 e. The maximum absolute atomic E-state index is 11.8. The van der Waals surface area contributed by atoms with E-state index in [-0.39, 0.29) is 11.4 Å². The molecule has 2 heterocycles. The fourth-order valence-corrected chi connectivity index (χ4v) is 2.59. The van der Waals surface area contributed by atoms with Gasteiger partial charge in [-0.3, -0.25) is 9.78 Å². The number of nitrogens with zero attached hydrogens (tertiary/aromatic N) is 1. The second-order valence-electron chi connectivity index (χ2n) is 4.73. The first-order chi connectivity index (χ1) is 8.77. The molecular formula is C14H20N2O2. The van der Waals surface area contributed by atoms with Crippen LogP contribution in [-0.4, -0.2) is 30.6 Å². The van der Waals surface area contributed by atoms with Gasteiger partial charge in [0.1, 0.15) is 0 Å². The zero-order valence-electron chi connectivity index (χ0n) is 10.8. The van der Waals surface area contributed by atoms with E-state index in [0.717, 1.165) is 31.6 Å². The molecule has 98 valence electrons. The van der Waals surface area contributed by atoms with Gasteiger partial charge >= 0.3 is 5.97 Å². The maximum atomic E-state index is 11.8. The van der Waals surface area contributed by atoms with Crippen molar-refractivity contribution in [2.75, 3.05) is 19.7 Å². The van der Waals surface area contributed by atoms with Crippen LogP contribution in [-0.2, 0) is 14.9 Å². The quantitative estimate of drug-likeness (QED) is 0.823. The third-order valence-electron chi connectivity index (χ3n) is 3.56. The molecule has 0 spiro atoms. The molecule has 0 saturated carbocycles. The number of nitrogens with one attached hydrogen (secondary N) is 1. The summed E-state index contributed by atoms with van der Waals surface area (Å²) in [6, 6.07) is 5.91. The summed E-state index contributed by atoms with van der Waals surface area (Å²) in [5.74, 6) is -0.120. The van der Waals surface area contributed by atoms with Gasteiger partial charge in [-0.1, -0.05) is 6.07 Å². The molecule has 4 nitrogen and oxygen atoms in total. The minimum absolute atomic E-state index is 0.120. The largest absolute Gasteiger partial charge is 0.466 e. The molecule has 1 aliphatic heterocycles. The Balaban J connectivity index is 2.20.